The first-order chi connectivity index (χ1) is 7.94. The lowest BCUT2D eigenvalue weighted by Crippen LogP contribution is -2.36. The fraction of sp³-hybridized carbons (Fsp3) is 0.833. The van der Waals surface area contributed by atoms with Crippen LogP contribution in [0.1, 0.15) is 33.8 Å². The predicted octanol–water partition coefficient (Wildman–Crippen LogP) is 0.444. The maximum absolute atomic E-state index is 10.9. The van der Waals surface area contributed by atoms with Gasteiger partial charge in [0, 0.05) is 12.3 Å². The molecule has 0 aliphatic carbocycles. The van der Waals surface area contributed by atoms with Crippen molar-refractivity contribution in [1.29, 1.82) is 0 Å². The van der Waals surface area contributed by atoms with Crippen LogP contribution in [0.15, 0.2) is 0 Å². The van der Waals surface area contributed by atoms with Crippen LogP contribution in [0.5, 0.6) is 0 Å². The highest BCUT2D eigenvalue weighted by Gasteiger charge is 2.17. The number of hydrogen-bond donors (Lipinski definition) is 2. The molecule has 0 saturated heterocycles. The summed E-state index contributed by atoms with van der Waals surface area (Å²) in [5, 5.41) is 8.74. The van der Waals surface area contributed by atoms with Crippen LogP contribution in [0, 0.1) is 5.89 Å². The van der Waals surface area contributed by atoms with Crippen LogP contribution >= 0.6 is 0 Å². The molecule has 0 saturated carbocycles. The van der Waals surface area contributed by atoms with Crippen molar-refractivity contribution in [2.75, 3.05) is 0 Å². The van der Waals surface area contributed by atoms with E-state index in [9.17, 15) is 4.79 Å². The van der Waals surface area contributed by atoms with Crippen LogP contribution in [-0.2, 0) is 4.79 Å². The lowest BCUT2D eigenvalue weighted by Gasteiger charge is -2.11. The summed E-state index contributed by atoms with van der Waals surface area (Å²) in [6, 6.07) is -3.68. The van der Waals surface area contributed by atoms with Gasteiger partial charge >= 0.3 is 5.97 Å². The monoisotopic (exact) mass is 142 g/mol. The second-order valence-corrected chi connectivity index (χ2v) is 1.22. The van der Waals surface area contributed by atoms with Crippen LogP contribution < -0.4 is 5.73 Å². The summed E-state index contributed by atoms with van der Waals surface area (Å²) in [5.74, 6) is -6.21. The number of aliphatic carboxylic acids is 1. The molecule has 3 nitrogen and oxygen atoms in total. The molecule has 0 bridgehead atoms. The lowest BCUT2D eigenvalue weighted by atomic mass is 10.0. The highest BCUT2D eigenvalue weighted by molar-refractivity contribution is 5.73. The molecule has 9 heavy (non-hydrogen) atoms. The van der Waals surface area contributed by atoms with Crippen molar-refractivity contribution >= 4 is 5.97 Å². The quantitative estimate of drug-likeness (QED) is 0.562. The van der Waals surface area contributed by atoms with Gasteiger partial charge < -0.3 is 10.8 Å². The molecule has 0 heterocycles. The highest BCUT2D eigenvalue weighted by Crippen LogP contribution is 2.04. The summed E-state index contributed by atoms with van der Waals surface area (Å²) in [6.07, 6.45) is -3.85. The molecule has 0 aromatic heterocycles. The standard InChI is InChI=1S/C6H13NO2/c1-3-4(2)5(7)6(8)9/h4-5H,3,7H2,1-2H3,(H,8,9)/t4?,5-/m0/s1/i1D3,2D3,3D2,4D,5D,7+1. The fourth-order valence-corrected chi connectivity index (χ4v) is 0.174. The van der Waals surface area contributed by atoms with Crippen molar-refractivity contribution in [3.05, 3.63) is 0 Å². The first-order valence-corrected chi connectivity index (χ1v) is 1.97. The maximum Gasteiger partial charge on any atom is 0.320 e. The molecule has 0 aliphatic rings. The fourth-order valence-electron chi connectivity index (χ4n) is 0.174. The number of carbonyl (C=O) groups is 1. The number of rotatable bonds is 3. The van der Waals surface area contributed by atoms with Crippen molar-refractivity contribution in [1.82, 2.24) is 0 Å². The van der Waals surface area contributed by atoms with Crippen molar-refractivity contribution in [2.45, 2.75) is 26.1 Å². The highest BCUT2D eigenvalue weighted by atomic mass is 16.4. The summed E-state index contributed by atoms with van der Waals surface area (Å²) in [5.41, 5.74) is 4.94. The van der Waals surface area contributed by atoms with Gasteiger partial charge in [-0.3, -0.25) is 4.79 Å². The van der Waals surface area contributed by atoms with Gasteiger partial charge in [-0.15, -0.1) is 0 Å². The molecule has 2 atom stereocenters. The predicted molar refractivity (Wildman–Crippen MR) is 35.1 cm³/mol. The van der Waals surface area contributed by atoms with Gasteiger partial charge in [0.15, 0.2) is 0 Å². The molecule has 0 spiro atoms. The molecule has 3 N–H and O–H groups in total. The van der Waals surface area contributed by atoms with E-state index in [4.69, 9.17) is 24.5 Å². The van der Waals surface area contributed by atoms with Crippen molar-refractivity contribution in [3.8, 4) is 0 Å². The Hall–Kier alpha value is -0.570. The summed E-state index contributed by atoms with van der Waals surface area (Å²) in [6.45, 7) is -7.40. The van der Waals surface area contributed by atoms with Crippen LogP contribution in [0.3, 0.4) is 0 Å². The van der Waals surface area contributed by atoms with E-state index in [1.165, 1.54) is 0 Å². The van der Waals surface area contributed by atoms with Crippen LogP contribution in [0.2, 0.25) is 0 Å². The Bertz CT molecular complexity index is 371. The molecule has 0 aromatic rings. The van der Waals surface area contributed by atoms with Crippen LogP contribution in [-0.4, -0.2) is 17.1 Å². The van der Waals surface area contributed by atoms with Crippen LogP contribution in [0.25, 0.3) is 0 Å². The van der Waals surface area contributed by atoms with E-state index >= 15 is 0 Å². The zero-order valence-corrected chi connectivity index (χ0v) is 4.43. The largest absolute Gasteiger partial charge is 0.480 e. The number of carboxylic acid groups (broad SMARTS) is 1. The minimum absolute atomic E-state index is 2.31. The Labute approximate surface area is 68.9 Å². The molecule has 0 rings (SSSR count). The maximum atomic E-state index is 10.9. The van der Waals surface area contributed by atoms with Gasteiger partial charge in [0.05, 0.1) is 1.37 Å². The Morgan fingerprint density at radius 2 is 2.89 bits per heavy atom. The minimum Gasteiger partial charge on any atom is -0.480 e. The van der Waals surface area contributed by atoms with Gasteiger partial charge in [0.1, 0.15) is 6.02 Å². The molecular formula is C6H13NO2. The second-order valence-electron chi connectivity index (χ2n) is 1.22. The smallest absolute Gasteiger partial charge is 0.320 e. The Kier molecular flexibility index (Phi) is 0.588. The normalized spacial score (nSPS) is 44.6. The lowest BCUT2D eigenvalue weighted by molar-refractivity contribution is -0.139. The number of hydrogen-bond acceptors (Lipinski definition) is 2. The SMILES string of the molecule is [2H]C([2H])([2H])C([2H])([2H])C([2H])(C([2H])([2H])[2H])[C@]([2H])([15NH2])C(=O)O. The molecule has 0 fully saturated rings. The average Bonchev–Trinajstić information content (AvgIpc) is 2.11. The molecule has 1 unspecified atom stereocenters. The van der Waals surface area contributed by atoms with Gasteiger partial charge in [-0.05, 0) is 5.89 Å². The number of nitrogens with two attached hydrogens (primary N) is 1. The molecule has 0 aromatic carbocycles. The zero-order valence-electron chi connectivity index (χ0n) is 14.4. The van der Waals surface area contributed by atoms with Crippen LogP contribution in [0.4, 0.5) is 0 Å². The first-order valence-electron chi connectivity index (χ1n) is 6.97. The minimum atomic E-state index is -3.90. The summed E-state index contributed by atoms with van der Waals surface area (Å²) < 4.78 is 71.5. The Morgan fingerprint density at radius 1 is 2.22 bits per heavy atom. The van der Waals surface area contributed by atoms with E-state index in [1.54, 1.807) is 0 Å². The third-order valence-electron chi connectivity index (χ3n) is 0.625. The van der Waals surface area contributed by atoms with Gasteiger partial charge in [-0.25, -0.2) is 0 Å². The summed E-state index contributed by atoms with van der Waals surface area (Å²) >= 11 is 0. The van der Waals surface area contributed by atoms with Gasteiger partial charge in [0.25, 0.3) is 0 Å². The molecule has 3 heteroatoms. The molecule has 0 aliphatic heterocycles. The van der Waals surface area contributed by atoms with Gasteiger partial charge in [-0.1, -0.05) is 20.1 Å². The molecule has 0 radical (unpaired) electrons. The third-order valence-corrected chi connectivity index (χ3v) is 0.625. The Morgan fingerprint density at radius 3 is 3.22 bits per heavy atom. The third kappa shape index (κ3) is 2.46. The molecule has 54 valence electrons. The Balaban J connectivity index is 6.38. The molecule has 0 amide bonds. The van der Waals surface area contributed by atoms with E-state index in [0.29, 0.717) is 0 Å². The van der Waals surface area contributed by atoms with Gasteiger partial charge in [-0.2, -0.15) is 0 Å². The van der Waals surface area contributed by atoms with Crippen molar-refractivity contribution < 1.29 is 23.6 Å². The van der Waals surface area contributed by atoms with E-state index in [0.717, 1.165) is 0 Å². The average molecular weight is 142 g/mol. The first kappa shape index (κ1) is 1.53. The van der Waals surface area contributed by atoms with Crippen molar-refractivity contribution in [3.63, 3.8) is 0 Å². The van der Waals surface area contributed by atoms with E-state index in [1.807, 2.05) is 0 Å². The van der Waals surface area contributed by atoms with E-state index in [2.05, 4.69) is 0 Å². The van der Waals surface area contributed by atoms with Gasteiger partial charge in [0.2, 0.25) is 0 Å². The number of carboxylic acids is 1. The summed E-state index contributed by atoms with van der Waals surface area (Å²) in [7, 11) is 0. The van der Waals surface area contributed by atoms with E-state index in [-0.39, 0.29) is 0 Å². The second kappa shape index (κ2) is 3.45. The van der Waals surface area contributed by atoms with E-state index < -0.39 is 38.0 Å². The van der Waals surface area contributed by atoms with Crippen molar-refractivity contribution in [2.24, 2.45) is 11.6 Å². The summed E-state index contributed by atoms with van der Waals surface area (Å²) in [4.78, 5) is 10.9. The molecular weight excluding hydrogens is 119 g/mol. The topological polar surface area (TPSA) is 63.3 Å². The zero-order chi connectivity index (χ0) is 16.1.